The van der Waals surface area contributed by atoms with E-state index in [1.54, 1.807) is 13.3 Å². The van der Waals surface area contributed by atoms with E-state index in [0.717, 1.165) is 17.9 Å². The summed E-state index contributed by atoms with van der Waals surface area (Å²) >= 11 is 0. The van der Waals surface area contributed by atoms with Gasteiger partial charge < -0.3 is 4.74 Å². The highest BCUT2D eigenvalue weighted by Gasteiger charge is 2.03. The lowest BCUT2D eigenvalue weighted by atomic mass is 10.0. The minimum atomic E-state index is 0.538. The van der Waals surface area contributed by atoms with E-state index in [9.17, 15) is 0 Å². The molecule has 1 heterocycles. The summed E-state index contributed by atoms with van der Waals surface area (Å²) in [6.45, 7) is 4.34. The first kappa shape index (κ1) is 9.04. The van der Waals surface area contributed by atoms with E-state index in [2.05, 4.69) is 18.8 Å². The lowest BCUT2D eigenvalue weighted by molar-refractivity contribution is 0.412. The number of aromatic nitrogens is 1. The molecule has 66 valence electrons. The lowest BCUT2D eigenvalue weighted by Gasteiger charge is -2.07. The highest BCUT2D eigenvalue weighted by atomic mass is 16.5. The van der Waals surface area contributed by atoms with Crippen molar-refractivity contribution in [2.24, 2.45) is 0 Å². The topological polar surface area (TPSA) is 22.1 Å². The van der Waals surface area contributed by atoms with Gasteiger partial charge >= 0.3 is 0 Å². The van der Waals surface area contributed by atoms with Crippen LogP contribution in [-0.4, -0.2) is 12.1 Å². The molecule has 0 bridgehead atoms. The summed E-state index contributed by atoms with van der Waals surface area (Å²) in [6, 6.07) is 3.97. The molecule has 0 aliphatic heterocycles. The fraction of sp³-hybridized carbons (Fsp3) is 0.500. The third-order valence-corrected chi connectivity index (χ3v) is 2.11. The summed E-state index contributed by atoms with van der Waals surface area (Å²) in [6.07, 6.45) is 2.89. The molecule has 0 aromatic carbocycles. The number of pyridine rings is 1. The van der Waals surface area contributed by atoms with Gasteiger partial charge in [0, 0.05) is 5.69 Å². The van der Waals surface area contributed by atoms with E-state index < -0.39 is 0 Å². The van der Waals surface area contributed by atoms with Crippen LogP contribution in [0.1, 0.15) is 31.9 Å². The van der Waals surface area contributed by atoms with Gasteiger partial charge in [-0.3, -0.25) is 4.98 Å². The predicted octanol–water partition coefficient (Wildman–Crippen LogP) is 2.60. The molecule has 0 N–H and O–H groups in total. The second kappa shape index (κ2) is 4.10. The molecule has 12 heavy (non-hydrogen) atoms. The summed E-state index contributed by atoms with van der Waals surface area (Å²) in [5.41, 5.74) is 1.14. The Kier molecular flexibility index (Phi) is 3.09. The molecule has 1 aromatic heterocycles. The van der Waals surface area contributed by atoms with Gasteiger partial charge in [-0.15, -0.1) is 0 Å². The smallest absolute Gasteiger partial charge is 0.137 e. The van der Waals surface area contributed by atoms with Gasteiger partial charge in [0.25, 0.3) is 0 Å². The Morgan fingerprint density at radius 1 is 1.50 bits per heavy atom. The zero-order chi connectivity index (χ0) is 8.97. The van der Waals surface area contributed by atoms with Crippen molar-refractivity contribution in [2.75, 3.05) is 7.11 Å². The first-order valence-corrected chi connectivity index (χ1v) is 4.27. The standard InChI is InChI=1S/C10H15NO/c1-4-8(2)10-6-5-9(12-3)7-11-10/h5-8H,4H2,1-3H3. The minimum absolute atomic E-state index is 0.538. The van der Waals surface area contributed by atoms with Crippen LogP contribution in [0.15, 0.2) is 18.3 Å². The number of rotatable bonds is 3. The largest absolute Gasteiger partial charge is 0.495 e. The fourth-order valence-corrected chi connectivity index (χ4v) is 1.01. The third-order valence-electron chi connectivity index (χ3n) is 2.11. The Labute approximate surface area is 73.6 Å². The van der Waals surface area contributed by atoms with Crippen LogP contribution >= 0.6 is 0 Å². The molecule has 0 saturated carbocycles. The lowest BCUT2D eigenvalue weighted by Crippen LogP contribution is -1.95. The number of ether oxygens (including phenoxy) is 1. The summed E-state index contributed by atoms with van der Waals surface area (Å²) in [7, 11) is 1.65. The molecule has 1 rings (SSSR count). The SMILES string of the molecule is CCC(C)c1ccc(OC)cn1. The molecular formula is C10H15NO. The molecule has 0 amide bonds. The summed E-state index contributed by atoms with van der Waals surface area (Å²) in [5, 5.41) is 0. The second-order valence-electron chi connectivity index (χ2n) is 2.93. The van der Waals surface area contributed by atoms with Gasteiger partial charge in [-0.05, 0) is 24.5 Å². The Morgan fingerprint density at radius 2 is 2.25 bits per heavy atom. The van der Waals surface area contributed by atoms with Gasteiger partial charge in [-0.2, -0.15) is 0 Å². The van der Waals surface area contributed by atoms with Gasteiger partial charge in [0.15, 0.2) is 0 Å². The van der Waals surface area contributed by atoms with Crippen molar-refractivity contribution >= 4 is 0 Å². The molecule has 1 aromatic rings. The van der Waals surface area contributed by atoms with E-state index in [0.29, 0.717) is 5.92 Å². The van der Waals surface area contributed by atoms with E-state index in [1.807, 2.05) is 12.1 Å². The molecule has 2 nitrogen and oxygen atoms in total. The van der Waals surface area contributed by atoms with Crippen molar-refractivity contribution in [1.29, 1.82) is 0 Å². The quantitative estimate of drug-likeness (QED) is 0.686. The third kappa shape index (κ3) is 1.97. The molecule has 0 radical (unpaired) electrons. The normalized spacial score (nSPS) is 12.6. The number of nitrogens with zero attached hydrogens (tertiary/aromatic N) is 1. The Bertz CT molecular complexity index is 230. The summed E-state index contributed by atoms with van der Waals surface area (Å²) in [5.74, 6) is 1.36. The Morgan fingerprint density at radius 3 is 2.67 bits per heavy atom. The average Bonchev–Trinajstić information content (AvgIpc) is 2.17. The Hall–Kier alpha value is -1.05. The van der Waals surface area contributed by atoms with Crippen molar-refractivity contribution in [2.45, 2.75) is 26.2 Å². The van der Waals surface area contributed by atoms with E-state index in [1.165, 1.54) is 0 Å². The maximum atomic E-state index is 5.02. The van der Waals surface area contributed by atoms with Crippen LogP contribution < -0.4 is 4.74 Å². The zero-order valence-electron chi connectivity index (χ0n) is 7.87. The van der Waals surface area contributed by atoms with Crippen LogP contribution in [0.4, 0.5) is 0 Å². The molecule has 0 aliphatic rings. The van der Waals surface area contributed by atoms with Crippen molar-refractivity contribution in [3.63, 3.8) is 0 Å². The number of hydrogen-bond donors (Lipinski definition) is 0. The predicted molar refractivity (Wildman–Crippen MR) is 49.5 cm³/mol. The number of hydrogen-bond acceptors (Lipinski definition) is 2. The monoisotopic (exact) mass is 165 g/mol. The van der Waals surface area contributed by atoms with Crippen LogP contribution in [-0.2, 0) is 0 Å². The van der Waals surface area contributed by atoms with Crippen LogP contribution in [0.3, 0.4) is 0 Å². The summed E-state index contributed by atoms with van der Waals surface area (Å²) in [4.78, 5) is 4.30. The van der Waals surface area contributed by atoms with Crippen LogP contribution in [0.5, 0.6) is 5.75 Å². The van der Waals surface area contributed by atoms with Gasteiger partial charge in [0.2, 0.25) is 0 Å². The summed E-state index contributed by atoms with van der Waals surface area (Å²) < 4.78 is 5.02. The number of methoxy groups -OCH3 is 1. The Balaban J connectivity index is 2.77. The molecular weight excluding hydrogens is 150 g/mol. The minimum Gasteiger partial charge on any atom is -0.495 e. The molecule has 0 aliphatic carbocycles. The molecule has 1 atom stereocenters. The fourth-order valence-electron chi connectivity index (χ4n) is 1.01. The average molecular weight is 165 g/mol. The van der Waals surface area contributed by atoms with Gasteiger partial charge in [-0.25, -0.2) is 0 Å². The van der Waals surface area contributed by atoms with Gasteiger partial charge in [0.1, 0.15) is 5.75 Å². The first-order valence-electron chi connectivity index (χ1n) is 4.27. The molecule has 1 unspecified atom stereocenters. The van der Waals surface area contributed by atoms with Gasteiger partial charge in [0.05, 0.1) is 13.3 Å². The molecule has 0 spiro atoms. The van der Waals surface area contributed by atoms with Gasteiger partial charge in [-0.1, -0.05) is 13.8 Å². The first-order chi connectivity index (χ1) is 5.77. The molecule has 2 heteroatoms. The molecule has 0 fully saturated rings. The van der Waals surface area contributed by atoms with Crippen molar-refractivity contribution in [3.05, 3.63) is 24.0 Å². The van der Waals surface area contributed by atoms with E-state index in [-0.39, 0.29) is 0 Å². The van der Waals surface area contributed by atoms with Crippen molar-refractivity contribution < 1.29 is 4.74 Å². The van der Waals surface area contributed by atoms with Crippen LogP contribution in [0.2, 0.25) is 0 Å². The highest BCUT2D eigenvalue weighted by Crippen LogP contribution is 2.17. The van der Waals surface area contributed by atoms with Crippen LogP contribution in [0, 0.1) is 0 Å². The van der Waals surface area contributed by atoms with E-state index >= 15 is 0 Å². The van der Waals surface area contributed by atoms with Crippen LogP contribution in [0.25, 0.3) is 0 Å². The van der Waals surface area contributed by atoms with Crippen molar-refractivity contribution in [3.8, 4) is 5.75 Å². The zero-order valence-corrected chi connectivity index (χ0v) is 7.87. The highest BCUT2D eigenvalue weighted by molar-refractivity contribution is 5.21. The maximum absolute atomic E-state index is 5.02. The molecule has 0 saturated heterocycles. The maximum Gasteiger partial charge on any atom is 0.137 e. The second-order valence-corrected chi connectivity index (χ2v) is 2.93. The van der Waals surface area contributed by atoms with Crippen molar-refractivity contribution in [1.82, 2.24) is 4.98 Å². The van der Waals surface area contributed by atoms with E-state index in [4.69, 9.17) is 4.74 Å².